The Hall–Kier alpha value is -2.17. The number of hydrogen-bond acceptors (Lipinski definition) is 4. The number of nitrogens with zero attached hydrogens (tertiary/aromatic N) is 2. The minimum absolute atomic E-state index is 0.342. The van der Waals surface area contributed by atoms with Crippen LogP contribution >= 0.6 is 0 Å². The molecule has 0 radical (unpaired) electrons. The maximum absolute atomic E-state index is 11.5. The summed E-state index contributed by atoms with van der Waals surface area (Å²) in [6.07, 6.45) is 2.87. The maximum atomic E-state index is 11.5. The van der Waals surface area contributed by atoms with Crippen LogP contribution in [0.25, 0.3) is 0 Å². The summed E-state index contributed by atoms with van der Waals surface area (Å²) in [5, 5.41) is 0.942. The number of rotatable bonds is 2. The molecule has 0 aliphatic carbocycles. The van der Waals surface area contributed by atoms with Crippen molar-refractivity contribution in [3.8, 4) is 0 Å². The van der Waals surface area contributed by atoms with Crippen LogP contribution < -0.4 is 5.43 Å². The Balaban J connectivity index is 2.15. The van der Waals surface area contributed by atoms with Gasteiger partial charge in [0, 0.05) is 17.8 Å². The van der Waals surface area contributed by atoms with E-state index in [0.29, 0.717) is 11.4 Å². The number of carbonyl (C=O) groups is 2. The Morgan fingerprint density at radius 1 is 1.33 bits per heavy atom. The molecule has 0 fully saturated rings. The van der Waals surface area contributed by atoms with Gasteiger partial charge in [-0.05, 0) is 19.1 Å². The first kappa shape index (κ1) is 9.39. The van der Waals surface area contributed by atoms with Crippen LogP contribution in [0.3, 0.4) is 0 Å². The van der Waals surface area contributed by atoms with Crippen LogP contribution in [0, 0.1) is 0 Å². The third kappa shape index (κ3) is 1.71. The maximum Gasteiger partial charge on any atom is 0.275 e. The number of imide groups is 1. The van der Waals surface area contributed by atoms with E-state index in [1.165, 1.54) is 6.08 Å². The summed E-state index contributed by atoms with van der Waals surface area (Å²) in [6.45, 7) is 1.60. The first-order valence-electron chi connectivity index (χ1n) is 4.43. The van der Waals surface area contributed by atoms with Crippen LogP contribution in [-0.4, -0.2) is 21.8 Å². The molecule has 0 saturated heterocycles. The Morgan fingerprint density at radius 2 is 2.13 bits per heavy atom. The van der Waals surface area contributed by atoms with Crippen LogP contribution in [0.2, 0.25) is 0 Å². The van der Waals surface area contributed by atoms with Gasteiger partial charge in [0.25, 0.3) is 11.8 Å². The average Bonchev–Trinajstić information content (AvgIpc) is 2.47. The second kappa shape index (κ2) is 3.53. The van der Waals surface area contributed by atoms with E-state index in [0.717, 1.165) is 5.01 Å². The van der Waals surface area contributed by atoms with Crippen LogP contribution in [0.5, 0.6) is 0 Å². The van der Waals surface area contributed by atoms with Gasteiger partial charge in [-0.1, -0.05) is 6.07 Å². The summed E-state index contributed by atoms with van der Waals surface area (Å²) >= 11 is 0. The highest BCUT2D eigenvalue weighted by Crippen LogP contribution is 2.13. The van der Waals surface area contributed by atoms with Crippen LogP contribution in [-0.2, 0) is 9.59 Å². The van der Waals surface area contributed by atoms with Crippen LogP contribution in [0.1, 0.15) is 6.92 Å². The van der Waals surface area contributed by atoms with Gasteiger partial charge in [-0.25, -0.2) is 4.98 Å². The summed E-state index contributed by atoms with van der Waals surface area (Å²) in [5.41, 5.74) is 3.06. The molecule has 0 saturated carbocycles. The van der Waals surface area contributed by atoms with Gasteiger partial charge < -0.3 is 0 Å². The number of aromatic nitrogens is 1. The van der Waals surface area contributed by atoms with Crippen LogP contribution in [0.15, 0.2) is 36.0 Å². The van der Waals surface area contributed by atoms with Crippen molar-refractivity contribution in [1.29, 1.82) is 0 Å². The zero-order valence-electron chi connectivity index (χ0n) is 8.10. The molecule has 0 unspecified atom stereocenters. The summed E-state index contributed by atoms with van der Waals surface area (Å²) < 4.78 is 0. The molecule has 5 nitrogen and oxygen atoms in total. The molecule has 1 aliphatic rings. The van der Waals surface area contributed by atoms with Crippen molar-refractivity contribution in [2.75, 3.05) is 5.43 Å². The number of amides is 2. The number of nitrogens with one attached hydrogen (secondary N) is 1. The molecule has 15 heavy (non-hydrogen) atoms. The first-order valence-corrected chi connectivity index (χ1v) is 4.43. The van der Waals surface area contributed by atoms with Crippen molar-refractivity contribution in [2.24, 2.45) is 0 Å². The minimum atomic E-state index is -0.372. The van der Waals surface area contributed by atoms with Crippen molar-refractivity contribution >= 4 is 17.6 Å². The molecule has 1 aromatic rings. The molecule has 0 aromatic carbocycles. The molecule has 2 amide bonds. The van der Waals surface area contributed by atoms with Gasteiger partial charge in [0.1, 0.15) is 5.82 Å². The topological polar surface area (TPSA) is 62.3 Å². The molecule has 1 N–H and O–H groups in total. The SMILES string of the molecule is CC1=CC(=O)N(Nc2ccccn2)C1=O. The average molecular weight is 203 g/mol. The molecule has 1 aromatic heterocycles. The Bertz CT molecular complexity index is 439. The molecule has 0 spiro atoms. The predicted octanol–water partition coefficient (Wildman–Crippen LogP) is 0.724. The highest BCUT2D eigenvalue weighted by atomic mass is 16.2. The van der Waals surface area contributed by atoms with Crippen LogP contribution in [0.4, 0.5) is 5.82 Å². The van der Waals surface area contributed by atoms with E-state index in [2.05, 4.69) is 10.4 Å². The molecular formula is C10H9N3O2. The number of pyridine rings is 1. The Labute approximate surface area is 86.4 Å². The van der Waals surface area contributed by atoms with Crippen molar-refractivity contribution in [3.63, 3.8) is 0 Å². The summed E-state index contributed by atoms with van der Waals surface area (Å²) in [4.78, 5) is 26.8. The second-order valence-electron chi connectivity index (χ2n) is 3.13. The number of anilines is 1. The zero-order chi connectivity index (χ0) is 10.8. The van der Waals surface area contributed by atoms with E-state index in [-0.39, 0.29) is 11.8 Å². The highest BCUT2D eigenvalue weighted by molar-refractivity contribution is 6.16. The van der Waals surface area contributed by atoms with Crippen molar-refractivity contribution in [3.05, 3.63) is 36.0 Å². The van der Waals surface area contributed by atoms with Gasteiger partial charge >= 0.3 is 0 Å². The standard InChI is InChI=1S/C10H9N3O2/c1-7-6-9(14)13(10(7)15)12-8-4-2-3-5-11-8/h2-6H,1H3,(H,11,12). The fourth-order valence-corrected chi connectivity index (χ4v) is 1.24. The van der Waals surface area contributed by atoms with Gasteiger partial charge in [0.15, 0.2) is 0 Å². The third-order valence-electron chi connectivity index (χ3n) is 1.99. The van der Waals surface area contributed by atoms with Gasteiger partial charge in [-0.15, -0.1) is 0 Å². The summed E-state index contributed by atoms with van der Waals surface area (Å²) in [7, 11) is 0. The number of hydrogen-bond donors (Lipinski definition) is 1. The van der Waals surface area contributed by atoms with E-state index >= 15 is 0 Å². The monoisotopic (exact) mass is 203 g/mol. The molecular weight excluding hydrogens is 194 g/mol. The third-order valence-corrected chi connectivity index (χ3v) is 1.99. The van der Waals surface area contributed by atoms with E-state index in [9.17, 15) is 9.59 Å². The number of hydrazine groups is 1. The van der Waals surface area contributed by atoms with Crippen molar-refractivity contribution < 1.29 is 9.59 Å². The molecule has 0 atom stereocenters. The van der Waals surface area contributed by atoms with Gasteiger partial charge in [0.05, 0.1) is 0 Å². The van der Waals surface area contributed by atoms with Gasteiger partial charge in [0.2, 0.25) is 0 Å². The molecule has 5 heteroatoms. The lowest BCUT2D eigenvalue weighted by atomic mass is 10.3. The van der Waals surface area contributed by atoms with E-state index in [1.807, 2.05) is 0 Å². The predicted molar refractivity (Wildman–Crippen MR) is 53.5 cm³/mol. The zero-order valence-corrected chi connectivity index (χ0v) is 8.10. The summed E-state index contributed by atoms with van der Waals surface area (Å²) in [5.74, 6) is -0.254. The normalized spacial score (nSPS) is 15.5. The molecule has 76 valence electrons. The first-order chi connectivity index (χ1) is 7.18. The van der Waals surface area contributed by atoms with Crippen molar-refractivity contribution in [1.82, 2.24) is 9.99 Å². The lowest BCUT2D eigenvalue weighted by Gasteiger charge is -2.15. The van der Waals surface area contributed by atoms with Gasteiger partial charge in [-0.3, -0.25) is 15.0 Å². The summed E-state index contributed by atoms with van der Waals surface area (Å²) in [6, 6.07) is 5.19. The fourth-order valence-electron chi connectivity index (χ4n) is 1.24. The number of carbonyl (C=O) groups excluding carboxylic acids is 2. The second-order valence-corrected chi connectivity index (χ2v) is 3.13. The lowest BCUT2D eigenvalue weighted by molar-refractivity contribution is -0.135. The Kier molecular flexibility index (Phi) is 2.21. The lowest BCUT2D eigenvalue weighted by Crippen LogP contribution is -2.36. The Morgan fingerprint density at radius 3 is 2.67 bits per heavy atom. The van der Waals surface area contributed by atoms with Crippen molar-refractivity contribution in [2.45, 2.75) is 6.92 Å². The fraction of sp³-hybridized carbons (Fsp3) is 0.100. The molecule has 2 rings (SSSR count). The van der Waals surface area contributed by atoms with E-state index < -0.39 is 0 Å². The van der Waals surface area contributed by atoms with E-state index in [4.69, 9.17) is 0 Å². The minimum Gasteiger partial charge on any atom is -0.271 e. The van der Waals surface area contributed by atoms with E-state index in [1.54, 1.807) is 31.3 Å². The largest absolute Gasteiger partial charge is 0.275 e. The highest BCUT2D eigenvalue weighted by Gasteiger charge is 2.28. The van der Waals surface area contributed by atoms with Gasteiger partial charge in [-0.2, -0.15) is 5.01 Å². The smallest absolute Gasteiger partial charge is 0.271 e. The molecule has 1 aliphatic heterocycles. The molecule has 0 bridgehead atoms. The quantitative estimate of drug-likeness (QED) is 0.719. The molecule has 2 heterocycles.